The topological polar surface area (TPSA) is 43.4 Å². The molecule has 0 radical (unpaired) electrons. The maximum atomic E-state index is 12.1. The quantitative estimate of drug-likeness (QED) is 0.545. The normalized spacial score (nSPS) is 47.7. The Kier molecular flexibility index (Phi) is 3.04. The van der Waals surface area contributed by atoms with E-state index in [-0.39, 0.29) is 0 Å². The van der Waals surface area contributed by atoms with Gasteiger partial charge in [-0.1, -0.05) is 0 Å². The molecule has 5 unspecified atom stereocenters. The van der Waals surface area contributed by atoms with E-state index in [9.17, 15) is 9.59 Å². The van der Waals surface area contributed by atoms with Gasteiger partial charge in [0.2, 0.25) is 0 Å². The van der Waals surface area contributed by atoms with Crippen molar-refractivity contribution in [3.63, 3.8) is 0 Å². The lowest BCUT2D eigenvalue weighted by atomic mass is 9.35. The highest BCUT2D eigenvalue weighted by molar-refractivity contribution is 7.07. The fourth-order valence-corrected chi connectivity index (χ4v) is 9.73. The number of hydrogen-bond donors (Lipinski definition) is 0. The molecule has 1 aliphatic heterocycles. The van der Waals surface area contributed by atoms with Crippen LogP contribution in [0.25, 0.3) is 11.1 Å². The van der Waals surface area contributed by atoms with Crippen LogP contribution in [0.15, 0.2) is 23.1 Å². The molecule has 4 heteroatoms. The molecule has 2 heterocycles. The monoisotopic (exact) mass is 392 g/mol. The molecule has 0 N–H and O–H groups in total. The highest BCUT2D eigenvalue weighted by Gasteiger charge is 2.65. The molecule has 0 amide bonds. The number of hydrogen-bond acceptors (Lipinski definition) is 4. The Bertz CT molecular complexity index is 1070. The Morgan fingerprint density at radius 1 is 1.00 bits per heavy atom. The molecule has 8 aliphatic rings. The fraction of sp³-hybridized carbons (Fsp3) is 0.583. The number of cyclic esters (lactones) is 2. The second-order valence-electron chi connectivity index (χ2n) is 10.1. The Labute approximate surface area is 168 Å². The summed E-state index contributed by atoms with van der Waals surface area (Å²) in [7, 11) is 0. The van der Waals surface area contributed by atoms with Crippen molar-refractivity contribution in [2.45, 2.75) is 39.0 Å². The van der Waals surface area contributed by atoms with Crippen LogP contribution in [0.2, 0.25) is 0 Å². The molecule has 0 aromatic carbocycles. The van der Waals surface area contributed by atoms with E-state index < -0.39 is 11.9 Å². The minimum atomic E-state index is -0.535. The van der Waals surface area contributed by atoms with Crippen molar-refractivity contribution >= 4 is 34.4 Å². The summed E-state index contributed by atoms with van der Waals surface area (Å²) in [6.45, 7) is 1.98. The van der Waals surface area contributed by atoms with E-state index in [0.29, 0.717) is 5.57 Å². The third kappa shape index (κ3) is 1.86. The molecule has 0 spiro atoms. The van der Waals surface area contributed by atoms with Gasteiger partial charge in [0.1, 0.15) is 0 Å². The molecule has 0 saturated heterocycles. The van der Waals surface area contributed by atoms with Crippen molar-refractivity contribution in [1.29, 1.82) is 0 Å². The number of carbonyl (C=O) groups excluding carboxylic acids is 2. The van der Waals surface area contributed by atoms with Gasteiger partial charge in [0.25, 0.3) is 0 Å². The first-order valence-electron chi connectivity index (χ1n) is 10.9. The minimum Gasteiger partial charge on any atom is -0.386 e. The van der Waals surface area contributed by atoms with Crippen LogP contribution in [0, 0.1) is 47.3 Å². The van der Waals surface area contributed by atoms with Crippen molar-refractivity contribution < 1.29 is 14.3 Å². The lowest BCUT2D eigenvalue weighted by Gasteiger charge is -2.70. The Balaban J connectivity index is 1.46. The van der Waals surface area contributed by atoms with Crippen molar-refractivity contribution in [3.8, 4) is 0 Å². The van der Waals surface area contributed by atoms with Gasteiger partial charge < -0.3 is 4.74 Å². The lowest BCUT2D eigenvalue weighted by Crippen LogP contribution is -2.63. The second kappa shape index (κ2) is 5.27. The van der Waals surface area contributed by atoms with Crippen LogP contribution in [0.5, 0.6) is 0 Å². The molecular weight excluding hydrogens is 368 g/mol. The Morgan fingerprint density at radius 3 is 2.36 bits per heavy atom. The number of thiophene rings is 1. The maximum Gasteiger partial charge on any atom is 0.346 e. The summed E-state index contributed by atoms with van der Waals surface area (Å²) in [6.07, 6.45) is 8.61. The van der Waals surface area contributed by atoms with Gasteiger partial charge in [-0.05, 0) is 114 Å². The van der Waals surface area contributed by atoms with Crippen molar-refractivity contribution in [3.05, 3.63) is 32.8 Å². The molecule has 7 saturated carbocycles. The Morgan fingerprint density at radius 2 is 1.68 bits per heavy atom. The van der Waals surface area contributed by atoms with Gasteiger partial charge in [-0.3, -0.25) is 0 Å². The van der Waals surface area contributed by atoms with Crippen LogP contribution in [0.4, 0.5) is 0 Å². The zero-order valence-corrected chi connectivity index (χ0v) is 16.8. The van der Waals surface area contributed by atoms with E-state index in [2.05, 4.69) is 11.4 Å². The first kappa shape index (κ1) is 16.2. The molecule has 8 bridgehead atoms. The average Bonchev–Trinajstić information content (AvgIpc) is 3.30. The van der Waals surface area contributed by atoms with Crippen molar-refractivity contribution in [2.24, 2.45) is 47.3 Å². The molecule has 7 aliphatic carbocycles. The summed E-state index contributed by atoms with van der Waals surface area (Å²) < 4.78 is 6.16. The van der Waals surface area contributed by atoms with Gasteiger partial charge >= 0.3 is 11.9 Å². The smallest absolute Gasteiger partial charge is 0.346 e. The van der Waals surface area contributed by atoms with Gasteiger partial charge in [0.05, 0.1) is 5.57 Å². The van der Waals surface area contributed by atoms with Crippen LogP contribution in [-0.2, 0) is 14.3 Å². The number of carbonyl (C=O) groups is 2. The highest BCUT2D eigenvalue weighted by Crippen LogP contribution is 2.72. The van der Waals surface area contributed by atoms with Gasteiger partial charge in [-0.2, -0.15) is 0 Å². The number of esters is 2. The van der Waals surface area contributed by atoms with Gasteiger partial charge in [0.15, 0.2) is 0 Å². The summed E-state index contributed by atoms with van der Waals surface area (Å²) in [5, 5.41) is 3.33. The summed E-state index contributed by atoms with van der Waals surface area (Å²) in [5.41, 5.74) is 3.07. The van der Waals surface area contributed by atoms with Crippen molar-refractivity contribution in [1.82, 2.24) is 0 Å². The fourth-order valence-electron chi connectivity index (χ4n) is 8.60. The zero-order valence-electron chi connectivity index (χ0n) is 16.0. The van der Waals surface area contributed by atoms with Crippen LogP contribution in [0.1, 0.15) is 39.0 Å². The highest BCUT2D eigenvalue weighted by atomic mass is 32.1. The average molecular weight is 393 g/mol. The molecule has 3 nitrogen and oxygen atoms in total. The molecular formula is C24H24O3S. The molecule has 8 atom stereocenters. The predicted octanol–water partition coefficient (Wildman–Crippen LogP) is 3.03. The third-order valence-electron chi connectivity index (χ3n) is 9.26. The Hall–Kier alpha value is -1.68. The first-order chi connectivity index (χ1) is 13.6. The van der Waals surface area contributed by atoms with E-state index in [1.54, 1.807) is 5.57 Å². The van der Waals surface area contributed by atoms with Crippen LogP contribution in [0.3, 0.4) is 0 Å². The second-order valence-corrected chi connectivity index (χ2v) is 11.0. The van der Waals surface area contributed by atoms with E-state index in [1.807, 2.05) is 18.3 Å². The summed E-state index contributed by atoms with van der Waals surface area (Å²) in [4.78, 5) is 23.7. The van der Waals surface area contributed by atoms with Crippen molar-refractivity contribution in [2.75, 3.05) is 0 Å². The first-order valence-corrected chi connectivity index (χ1v) is 11.7. The molecule has 1 aromatic heterocycles. The van der Waals surface area contributed by atoms with E-state index in [4.69, 9.17) is 4.74 Å². The van der Waals surface area contributed by atoms with Crippen LogP contribution >= 0.6 is 11.3 Å². The largest absolute Gasteiger partial charge is 0.386 e. The van der Waals surface area contributed by atoms with Crippen LogP contribution in [-0.4, -0.2) is 11.9 Å². The predicted molar refractivity (Wildman–Crippen MR) is 106 cm³/mol. The summed E-state index contributed by atoms with van der Waals surface area (Å²) in [5.74, 6) is 6.35. The SMILES string of the molecule is C/C(C1=CC(=O)OC1=O)=c1\ccs\c1=C1/C2C[C@H]3C4CC5CC3[C@@H](C2)[C@H](C5)C14. The van der Waals surface area contributed by atoms with Crippen LogP contribution < -0.4 is 9.75 Å². The standard InChI is InChI=1S/C24H24O3S/c1-10(14-9-20(25)27-24(14)26)13-2-3-28-23(13)21-12-7-16-15-4-11-5-18(16)22(21)19(6-11)17(15)8-12/h2-3,9,11-12,15-19,22H,4-8H2,1H3/b13-10-,23-21+/t11?,12?,15?,16-,17-,18+,19?,22?/m1/s1. The molecule has 144 valence electrons. The number of rotatable bonds is 1. The molecule has 1 aromatic rings. The van der Waals surface area contributed by atoms with Gasteiger partial charge in [0, 0.05) is 10.6 Å². The molecule has 9 rings (SSSR count). The summed E-state index contributed by atoms with van der Waals surface area (Å²) >= 11 is 1.85. The molecule has 7 fully saturated rings. The molecule has 28 heavy (non-hydrogen) atoms. The van der Waals surface area contributed by atoms with E-state index >= 15 is 0 Å². The zero-order chi connectivity index (χ0) is 18.7. The minimum absolute atomic E-state index is 0.440. The van der Waals surface area contributed by atoms with Gasteiger partial charge in [-0.15, -0.1) is 11.3 Å². The van der Waals surface area contributed by atoms with E-state index in [1.165, 1.54) is 42.7 Å². The lowest BCUT2D eigenvalue weighted by molar-refractivity contribution is -0.163. The van der Waals surface area contributed by atoms with E-state index in [0.717, 1.165) is 58.1 Å². The third-order valence-corrected chi connectivity index (χ3v) is 10.2. The van der Waals surface area contributed by atoms with Gasteiger partial charge in [-0.25, -0.2) is 9.59 Å². The maximum absolute atomic E-state index is 12.1. The summed E-state index contributed by atoms with van der Waals surface area (Å²) in [6, 6.07) is 2.15. The number of ether oxygens (including phenoxy) is 1.